The van der Waals surface area contributed by atoms with Crippen molar-refractivity contribution in [3.05, 3.63) is 47.9 Å². The summed E-state index contributed by atoms with van der Waals surface area (Å²) in [4.78, 5) is 0. The van der Waals surface area contributed by atoms with Crippen LogP contribution in [0.1, 0.15) is 11.5 Å². The number of halogens is 3. The molecule has 24 heavy (non-hydrogen) atoms. The van der Waals surface area contributed by atoms with Crippen molar-refractivity contribution in [3.8, 4) is 11.3 Å². The molecule has 3 aromatic rings. The third kappa shape index (κ3) is 3.00. The molecule has 0 bridgehead atoms. The number of hydrogen-bond acceptors (Lipinski definition) is 5. The Hall–Kier alpha value is -3.10. The largest absolute Gasteiger partial charge is 0.456 e. The van der Waals surface area contributed by atoms with Crippen LogP contribution in [0.15, 0.2) is 51.0 Å². The first kappa shape index (κ1) is 15.8. The monoisotopic (exact) mass is 335 g/mol. The van der Waals surface area contributed by atoms with E-state index in [1.807, 2.05) is 0 Å². The highest BCUT2D eigenvalue weighted by Gasteiger charge is 2.39. The molecule has 0 aliphatic heterocycles. The maximum Gasteiger partial charge on any atom is 0.450 e. The Labute approximate surface area is 134 Å². The van der Waals surface area contributed by atoms with Crippen LogP contribution >= 0.6 is 0 Å². The zero-order chi connectivity index (χ0) is 17.3. The van der Waals surface area contributed by atoms with Gasteiger partial charge in [-0.05, 0) is 25.1 Å². The molecule has 3 rings (SSSR count). The molecule has 6 nitrogen and oxygen atoms in total. The van der Waals surface area contributed by atoms with Crippen LogP contribution in [0.4, 0.5) is 30.4 Å². The lowest BCUT2D eigenvalue weighted by Crippen LogP contribution is -2.04. The summed E-state index contributed by atoms with van der Waals surface area (Å²) >= 11 is 0. The minimum Gasteiger partial charge on any atom is -0.456 e. The number of rotatable bonds is 3. The summed E-state index contributed by atoms with van der Waals surface area (Å²) in [5.41, 5.74) is 6.03. The van der Waals surface area contributed by atoms with Crippen LogP contribution in [0.2, 0.25) is 0 Å². The average molecular weight is 335 g/mol. The zero-order valence-electron chi connectivity index (χ0n) is 12.4. The topological polar surface area (TPSA) is 92.6 Å². The molecule has 0 aliphatic carbocycles. The number of azo groups is 1. The summed E-state index contributed by atoms with van der Waals surface area (Å²) in [5.74, 6) is -1.09. The first-order chi connectivity index (χ1) is 11.4. The Morgan fingerprint density at radius 2 is 1.88 bits per heavy atom. The number of aromatic amines is 1. The second-order valence-corrected chi connectivity index (χ2v) is 4.97. The molecule has 124 valence electrons. The number of hydrogen-bond donors (Lipinski definition) is 2. The Morgan fingerprint density at radius 1 is 1.17 bits per heavy atom. The third-order valence-electron chi connectivity index (χ3n) is 3.17. The highest BCUT2D eigenvalue weighted by Crippen LogP contribution is 2.43. The molecular weight excluding hydrogens is 323 g/mol. The number of aromatic nitrogens is 2. The average Bonchev–Trinajstić information content (AvgIpc) is 3.09. The van der Waals surface area contributed by atoms with E-state index in [1.165, 1.54) is 13.0 Å². The van der Waals surface area contributed by atoms with Crippen molar-refractivity contribution in [1.29, 1.82) is 0 Å². The lowest BCUT2D eigenvalue weighted by atomic mass is 10.1. The van der Waals surface area contributed by atoms with Gasteiger partial charge in [-0.1, -0.05) is 18.2 Å². The maximum absolute atomic E-state index is 13.1. The number of nitrogens with zero attached hydrogens (tertiary/aromatic N) is 3. The van der Waals surface area contributed by atoms with Gasteiger partial charge in [0.2, 0.25) is 5.76 Å². The predicted molar refractivity (Wildman–Crippen MR) is 81.1 cm³/mol. The van der Waals surface area contributed by atoms with Crippen LogP contribution in [0, 0.1) is 6.92 Å². The van der Waals surface area contributed by atoms with Gasteiger partial charge in [-0.2, -0.15) is 23.4 Å². The van der Waals surface area contributed by atoms with Gasteiger partial charge in [0, 0.05) is 0 Å². The van der Waals surface area contributed by atoms with E-state index >= 15 is 0 Å². The summed E-state index contributed by atoms with van der Waals surface area (Å²) in [5, 5.41) is 14.1. The van der Waals surface area contributed by atoms with Crippen LogP contribution in [0.5, 0.6) is 0 Å². The van der Waals surface area contributed by atoms with Gasteiger partial charge < -0.3 is 10.2 Å². The van der Waals surface area contributed by atoms with Gasteiger partial charge in [-0.15, -0.1) is 5.11 Å². The van der Waals surface area contributed by atoms with Gasteiger partial charge in [0.25, 0.3) is 0 Å². The Bertz CT molecular complexity index is 880. The van der Waals surface area contributed by atoms with Crippen LogP contribution in [-0.4, -0.2) is 10.2 Å². The fourth-order valence-corrected chi connectivity index (χ4v) is 2.15. The summed E-state index contributed by atoms with van der Waals surface area (Å²) in [6.45, 7) is 1.42. The molecule has 0 radical (unpaired) electrons. The third-order valence-corrected chi connectivity index (χ3v) is 3.17. The number of nitrogens with two attached hydrogens (primary N) is 1. The minimum absolute atomic E-state index is 0.00337. The van der Waals surface area contributed by atoms with Crippen molar-refractivity contribution in [2.75, 3.05) is 5.73 Å². The molecule has 2 aromatic heterocycles. The molecule has 0 saturated heterocycles. The number of nitrogens with one attached hydrogen (secondary N) is 1. The minimum atomic E-state index is -4.66. The van der Waals surface area contributed by atoms with E-state index in [0.29, 0.717) is 5.69 Å². The Balaban J connectivity index is 2.07. The first-order valence-electron chi connectivity index (χ1n) is 6.85. The van der Waals surface area contributed by atoms with Gasteiger partial charge in [-0.25, -0.2) is 0 Å². The summed E-state index contributed by atoms with van der Waals surface area (Å²) in [7, 11) is 0. The highest BCUT2D eigenvalue weighted by atomic mass is 19.4. The molecule has 0 unspecified atom stereocenters. The smallest absolute Gasteiger partial charge is 0.450 e. The van der Waals surface area contributed by atoms with Gasteiger partial charge >= 0.3 is 6.18 Å². The first-order valence-corrected chi connectivity index (χ1v) is 6.85. The van der Waals surface area contributed by atoms with Crippen LogP contribution in [0.3, 0.4) is 0 Å². The molecule has 0 atom stereocenters. The summed E-state index contributed by atoms with van der Waals surface area (Å²) < 4.78 is 44.1. The van der Waals surface area contributed by atoms with E-state index in [0.717, 1.165) is 0 Å². The van der Waals surface area contributed by atoms with Gasteiger partial charge in [0.1, 0.15) is 5.76 Å². The van der Waals surface area contributed by atoms with Crippen molar-refractivity contribution in [2.45, 2.75) is 13.1 Å². The van der Waals surface area contributed by atoms with E-state index in [9.17, 15) is 13.2 Å². The lowest BCUT2D eigenvalue weighted by molar-refractivity contribution is -0.152. The number of anilines is 1. The van der Waals surface area contributed by atoms with E-state index < -0.39 is 11.9 Å². The molecule has 3 N–H and O–H groups in total. The summed E-state index contributed by atoms with van der Waals surface area (Å²) in [6.07, 6.45) is -4.66. The number of nitrogen functional groups attached to an aromatic ring is 1. The predicted octanol–water partition coefficient (Wildman–Crippen LogP) is 4.99. The van der Waals surface area contributed by atoms with Crippen LogP contribution in [-0.2, 0) is 6.18 Å². The number of alkyl halides is 3. The van der Waals surface area contributed by atoms with Crippen molar-refractivity contribution in [1.82, 2.24) is 10.2 Å². The molecule has 0 fully saturated rings. The fourth-order valence-electron chi connectivity index (χ4n) is 2.15. The number of aryl methyl sites for hydroxylation is 1. The second kappa shape index (κ2) is 5.84. The fraction of sp³-hybridized carbons (Fsp3) is 0.133. The van der Waals surface area contributed by atoms with E-state index in [-0.39, 0.29) is 28.5 Å². The van der Waals surface area contributed by atoms with Gasteiger partial charge in [0.05, 0.1) is 16.9 Å². The quantitative estimate of drug-likeness (QED) is 0.660. The van der Waals surface area contributed by atoms with E-state index in [4.69, 9.17) is 10.2 Å². The number of furan rings is 1. The van der Waals surface area contributed by atoms with Gasteiger partial charge in [0.15, 0.2) is 11.5 Å². The standard InChI is InChI=1S/C15H12F3N5O/c1-8-7-10(13(24-8)15(16,17)18)11-12(14(19)23-21-11)22-20-9-5-3-2-4-6-9/h2-7H,1H3,(H3,19,21,23). The van der Waals surface area contributed by atoms with Gasteiger partial charge in [-0.3, -0.25) is 5.10 Å². The molecule has 2 heterocycles. The Kier molecular flexibility index (Phi) is 3.84. The summed E-state index contributed by atoms with van der Waals surface area (Å²) in [6, 6.07) is 9.97. The van der Waals surface area contributed by atoms with Crippen molar-refractivity contribution in [3.63, 3.8) is 0 Å². The number of benzene rings is 1. The van der Waals surface area contributed by atoms with E-state index in [2.05, 4.69) is 20.4 Å². The molecular formula is C15H12F3N5O. The zero-order valence-corrected chi connectivity index (χ0v) is 12.4. The van der Waals surface area contributed by atoms with Crippen LogP contribution < -0.4 is 5.73 Å². The van der Waals surface area contributed by atoms with Crippen molar-refractivity contribution in [2.24, 2.45) is 10.2 Å². The second-order valence-electron chi connectivity index (χ2n) is 4.97. The molecule has 0 saturated carbocycles. The SMILES string of the molecule is Cc1cc(-c2[nH]nc(N)c2N=Nc2ccccc2)c(C(F)(F)F)o1. The molecule has 0 spiro atoms. The Morgan fingerprint density at radius 3 is 2.54 bits per heavy atom. The normalized spacial score (nSPS) is 12.2. The highest BCUT2D eigenvalue weighted by molar-refractivity contribution is 5.80. The molecule has 0 amide bonds. The van der Waals surface area contributed by atoms with Crippen LogP contribution in [0.25, 0.3) is 11.3 Å². The molecule has 9 heteroatoms. The maximum atomic E-state index is 13.1. The van der Waals surface area contributed by atoms with Crippen molar-refractivity contribution >= 4 is 17.2 Å². The molecule has 0 aliphatic rings. The van der Waals surface area contributed by atoms with E-state index in [1.54, 1.807) is 30.3 Å². The van der Waals surface area contributed by atoms with Crippen molar-refractivity contribution < 1.29 is 17.6 Å². The molecule has 1 aromatic carbocycles. The lowest BCUT2D eigenvalue weighted by Gasteiger charge is -2.05. The number of H-pyrrole nitrogens is 1.